The van der Waals surface area contributed by atoms with Gasteiger partial charge in [0, 0.05) is 12.1 Å². The molecule has 0 spiro atoms. The first-order valence-electron chi connectivity index (χ1n) is 5.41. The second kappa shape index (κ2) is 4.15. The summed E-state index contributed by atoms with van der Waals surface area (Å²) in [7, 11) is 0. The summed E-state index contributed by atoms with van der Waals surface area (Å²) in [6, 6.07) is 2.64. The molecule has 2 unspecified atom stereocenters. The Labute approximate surface area is 101 Å². The van der Waals surface area contributed by atoms with Gasteiger partial charge in [-0.3, -0.25) is 10.1 Å². The van der Waals surface area contributed by atoms with E-state index in [0.717, 1.165) is 18.6 Å². The summed E-state index contributed by atoms with van der Waals surface area (Å²) in [5.41, 5.74) is -1.41. The Morgan fingerprint density at radius 3 is 2.50 bits per heavy atom. The fourth-order valence-electron chi connectivity index (χ4n) is 1.70. The molecule has 4 nitrogen and oxygen atoms in total. The molecule has 0 aliphatic heterocycles. The van der Waals surface area contributed by atoms with Crippen LogP contribution in [-0.4, -0.2) is 11.0 Å². The van der Waals surface area contributed by atoms with E-state index in [4.69, 9.17) is 0 Å². The van der Waals surface area contributed by atoms with E-state index in [1.54, 1.807) is 0 Å². The van der Waals surface area contributed by atoms with Gasteiger partial charge in [-0.1, -0.05) is 6.92 Å². The number of hydrogen-bond acceptors (Lipinski definition) is 3. The van der Waals surface area contributed by atoms with E-state index in [0.29, 0.717) is 12.0 Å². The van der Waals surface area contributed by atoms with Crippen LogP contribution in [-0.2, 0) is 6.18 Å². The van der Waals surface area contributed by atoms with Crippen LogP contribution >= 0.6 is 0 Å². The third-order valence-electron chi connectivity index (χ3n) is 2.97. The number of anilines is 1. The van der Waals surface area contributed by atoms with Gasteiger partial charge in [-0.05, 0) is 24.5 Å². The number of nitrogens with one attached hydrogen (secondary N) is 1. The summed E-state index contributed by atoms with van der Waals surface area (Å²) in [6.45, 7) is 1.97. The maximum absolute atomic E-state index is 12.5. The Morgan fingerprint density at radius 1 is 1.44 bits per heavy atom. The van der Waals surface area contributed by atoms with Crippen LogP contribution in [0.15, 0.2) is 18.2 Å². The quantitative estimate of drug-likeness (QED) is 0.669. The van der Waals surface area contributed by atoms with Gasteiger partial charge in [0.2, 0.25) is 0 Å². The average Bonchev–Trinajstić information content (AvgIpc) is 2.92. The maximum atomic E-state index is 12.5. The van der Waals surface area contributed by atoms with Crippen molar-refractivity contribution >= 4 is 11.4 Å². The molecule has 1 aromatic carbocycles. The van der Waals surface area contributed by atoms with Gasteiger partial charge in [0.15, 0.2) is 0 Å². The van der Waals surface area contributed by atoms with Crippen molar-refractivity contribution in [1.82, 2.24) is 0 Å². The molecule has 0 aromatic heterocycles. The number of nitrogens with zero attached hydrogens (tertiary/aromatic N) is 1. The number of nitro benzene ring substituents is 1. The molecule has 2 rings (SSSR count). The van der Waals surface area contributed by atoms with E-state index in [1.165, 1.54) is 0 Å². The van der Waals surface area contributed by atoms with Crippen molar-refractivity contribution in [2.75, 3.05) is 5.32 Å². The van der Waals surface area contributed by atoms with E-state index >= 15 is 0 Å². The van der Waals surface area contributed by atoms with E-state index in [-0.39, 0.29) is 11.7 Å². The Hall–Kier alpha value is -1.79. The van der Waals surface area contributed by atoms with Crippen molar-refractivity contribution in [2.24, 2.45) is 5.92 Å². The monoisotopic (exact) mass is 260 g/mol. The summed E-state index contributed by atoms with van der Waals surface area (Å²) in [5.74, 6) is 0.395. The van der Waals surface area contributed by atoms with Gasteiger partial charge in [0.25, 0.3) is 5.69 Å². The van der Waals surface area contributed by atoms with Crippen molar-refractivity contribution in [3.05, 3.63) is 33.9 Å². The van der Waals surface area contributed by atoms with Crippen LogP contribution in [0.5, 0.6) is 0 Å². The zero-order valence-electron chi connectivity index (χ0n) is 9.49. The standard InChI is InChI=1S/C11H11F3N2O2/c1-6-4-9(6)15-8-3-2-7(11(12,13)14)5-10(8)16(17)18/h2-3,5-6,9,15H,4H2,1H3. The molecule has 1 fully saturated rings. The number of rotatable bonds is 3. The predicted molar refractivity (Wildman–Crippen MR) is 59.3 cm³/mol. The van der Waals surface area contributed by atoms with Crippen LogP contribution in [0, 0.1) is 16.0 Å². The Balaban J connectivity index is 2.32. The van der Waals surface area contributed by atoms with Crippen LogP contribution in [0.1, 0.15) is 18.9 Å². The molecular formula is C11H11F3N2O2. The topological polar surface area (TPSA) is 55.2 Å². The maximum Gasteiger partial charge on any atom is 0.416 e. The van der Waals surface area contributed by atoms with Crippen LogP contribution < -0.4 is 5.32 Å². The zero-order chi connectivity index (χ0) is 13.5. The Morgan fingerprint density at radius 2 is 2.06 bits per heavy atom. The lowest BCUT2D eigenvalue weighted by molar-refractivity contribution is -0.384. The molecule has 2 atom stereocenters. The molecular weight excluding hydrogens is 249 g/mol. The number of hydrogen-bond donors (Lipinski definition) is 1. The van der Waals surface area contributed by atoms with Crippen molar-refractivity contribution in [2.45, 2.75) is 25.6 Å². The molecule has 7 heteroatoms. The molecule has 18 heavy (non-hydrogen) atoms. The third-order valence-corrected chi connectivity index (χ3v) is 2.97. The number of alkyl halides is 3. The third kappa shape index (κ3) is 2.55. The highest BCUT2D eigenvalue weighted by molar-refractivity contribution is 5.64. The summed E-state index contributed by atoms with van der Waals surface area (Å²) in [6.07, 6.45) is -3.70. The molecule has 1 aliphatic rings. The van der Waals surface area contributed by atoms with Gasteiger partial charge < -0.3 is 5.32 Å². The number of benzene rings is 1. The average molecular weight is 260 g/mol. The minimum atomic E-state index is -4.57. The zero-order valence-corrected chi connectivity index (χ0v) is 9.49. The fraction of sp³-hybridized carbons (Fsp3) is 0.455. The summed E-state index contributed by atoms with van der Waals surface area (Å²) in [4.78, 5) is 9.98. The molecule has 0 radical (unpaired) electrons. The van der Waals surface area contributed by atoms with Crippen LogP contribution in [0.2, 0.25) is 0 Å². The summed E-state index contributed by atoms with van der Waals surface area (Å²) < 4.78 is 37.4. The van der Waals surface area contributed by atoms with E-state index in [2.05, 4.69) is 5.32 Å². The minimum Gasteiger partial charge on any atom is -0.376 e. The van der Waals surface area contributed by atoms with Crippen molar-refractivity contribution < 1.29 is 18.1 Å². The normalized spacial score (nSPS) is 22.7. The second-order valence-electron chi connectivity index (χ2n) is 4.45. The lowest BCUT2D eigenvalue weighted by Gasteiger charge is -2.10. The molecule has 1 N–H and O–H groups in total. The first-order chi connectivity index (χ1) is 8.29. The van der Waals surface area contributed by atoms with Gasteiger partial charge in [0.05, 0.1) is 10.5 Å². The van der Waals surface area contributed by atoms with Crippen molar-refractivity contribution in [3.8, 4) is 0 Å². The Kier molecular flexibility index (Phi) is 2.92. The smallest absolute Gasteiger partial charge is 0.376 e. The first kappa shape index (κ1) is 12.7. The molecule has 98 valence electrons. The van der Waals surface area contributed by atoms with Gasteiger partial charge in [-0.25, -0.2) is 0 Å². The predicted octanol–water partition coefficient (Wildman–Crippen LogP) is 3.43. The molecule has 1 aromatic rings. The summed E-state index contributed by atoms with van der Waals surface area (Å²) >= 11 is 0. The molecule has 0 amide bonds. The highest BCUT2D eigenvalue weighted by Gasteiger charge is 2.36. The largest absolute Gasteiger partial charge is 0.416 e. The lowest BCUT2D eigenvalue weighted by Crippen LogP contribution is -2.09. The fourth-order valence-corrected chi connectivity index (χ4v) is 1.70. The minimum absolute atomic E-state index is 0.112. The molecule has 0 heterocycles. The Bertz CT molecular complexity index is 488. The van der Waals surface area contributed by atoms with E-state index in [1.807, 2.05) is 6.92 Å². The van der Waals surface area contributed by atoms with E-state index < -0.39 is 22.4 Å². The lowest BCUT2D eigenvalue weighted by atomic mass is 10.1. The SMILES string of the molecule is CC1CC1Nc1ccc(C(F)(F)F)cc1[N+](=O)[O-]. The first-order valence-corrected chi connectivity index (χ1v) is 5.41. The van der Waals surface area contributed by atoms with Gasteiger partial charge >= 0.3 is 6.18 Å². The van der Waals surface area contributed by atoms with Crippen LogP contribution in [0.25, 0.3) is 0 Å². The van der Waals surface area contributed by atoms with Gasteiger partial charge in [0.1, 0.15) is 5.69 Å². The summed E-state index contributed by atoms with van der Waals surface area (Å²) in [5, 5.41) is 13.7. The number of nitro groups is 1. The molecule has 0 bridgehead atoms. The number of halogens is 3. The molecule has 1 saturated carbocycles. The molecule has 0 saturated heterocycles. The highest BCUT2D eigenvalue weighted by atomic mass is 19.4. The van der Waals surface area contributed by atoms with Crippen LogP contribution in [0.3, 0.4) is 0 Å². The van der Waals surface area contributed by atoms with Crippen molar-refractivity contribution in [1.29, 1.82) is 0 Å². The highest BCUT2D eigenvalue weighted by Crippen LogP contribution is 2.38. The van der Waals surface area contributed by atoms with Gasteiger partial charge in [-0.2, -0.15) is 13.2 Å². The second-order valence-corrected chi connectivity index (χ2v) is 4.45. The van der Waals surface area contributed by atoms with E-state index in [9.17, 15) is 23.3 Å². The van der Waals surface area contributed by atoms with Crippen molar-refractivity contribution in [3.63, 3.8) is 0 Å². The van der Waals surface area contributed by atoms with Crippen LogP contribution in [0.4, 0.5) is 24.5 Å². The van der Waals surface area contributed by atoms with Gasteiger partial charge in [-0.15, -0.1) is 0 Å². The molecule has 1 aliphatic carbocycles.